The van der Waals surface area contributed by atoms with Gasteiger partial charge in [0.25, 0.3) is 15.9 Å². The number of sulfonamides is 1. The molecule has 0 saturated heterocycles. The van der Waals surface area contributed by atoms with Crippen LogP contribution in [0.15, 0.2) is 70.3 Å². The number of para-hydroxylation sites is 2. The van der Waals surface area contributed by atoms with E-state index < -0.39 is 15.9 Å². The molecule has 0 spiro atoms. The largest absolute Gasteiger partial charge is 0.495 e. The molecule has 33 heavy (non-hydrogen) atoms. The second kappa shape index (κ2) is 9.34. The summed E-state index contributed by atoms with van der Waals surface area (Å²) >= 11 is 2.88. The lowest BCUT2D eigenvalue weighted by molar-refractivity contribution is 0.102. The number of carbonyl (C=O) groups excluding carboxylic acids is 1. The van der Waals surface area contributed by atoms with E-state index >= 15 is 0 Å². The molecule has 0 aliphatic heterocycles. The van der Waals surface area contributed by atoms with Gasteiger partial charge in [-0.3, -0.25) is 14.4 Å². The number of aromatic nitrogens is 1. The van der Waals surface area contributed by atoms with Gasteiger partial charge in [0.15, 0.2) is 5.13 Å². The van der Waals surface area contributed by atoms with E-state index in [9.17, 15) is 13.2 Å². The summed E-state index contributed by atoms with van der Waals surface area (Å²) in [5, 5.41) is 7.07. The van der Waals surface area contributed by atoms with Crippen LogP contribution in [0.25, 0.3) is 10.6 Å². The highest BCUT2D eigenvalue weighted by Gasteiger charge is 2.25. The lowest BCUT2D eigenvalue weighted by atomic mass is 10.1. The Morgan fingerprint density at radius 2 is 1.88 bits per heavy atom. The SMILES string of the molecule is COc1ccccc1N(C)S(=O)(=O)c1ccc(C)c(C(=O)Nc2nc(-c3cccs3)cs2)c1. The zero-order valence-electron chi connectivity index (χ0n) is 18.1. The number of ether oxygens (including phenoxy) is 1. The number of aryl methyl sites for hydroxylation is 1. The molecule has 2 aromatic heterocycles. The highest BCUT2D eigenvalue weighted by Crippen LogP contribution is 2.32. The van der Waals surface area contributed by atoms with Gasteiger partial charge < -0.3 is 4.74 Å². The normalized spacial score (nSPS) is 11.2. The Hall–Kier alpha value is -3.21. The molecule has 0 bridgehead atoms. The third-order valence-corrected chi connectivity index (χ3v) is 8.45. The summed E-state index contributed by atoms with van der Waals surface area (Å²) in [5.74, 6) is 0.00976. The Kier molecular flexibility index (Phi) is 6.50. The average Bonchev–Trinajstić information content (AvgIpc) is 3.50. The van der Waals surface area contributed by atoms with Crippen molar-refractivity contribution in [2.45, 2.75) is 11.8 Å². The maximum Gasteiger partial charge on any atom is 0.264 e. The van der Waals surface area contributed by atoms with Gasteiger partial charge in [0, 0.05) is 18.0 Å². The third kappa shape index (κ3) is 4.63. The summed E-state index contributed by atoms with van der Waals surface area (Å²) < 4.78 is 33.1. The molecule has 0 radical (unpaired) electrons. The van der Waals surface area contributed by atoms with Crippen LogP contribution in [0.4, 0.5) is 10.8 Å². The van der Waals surface area contributed by atoms with Gasteiger partial charge in [-0.1, -0.05) is 24.3 Å². The smallest absolute Gasteiger partial charge is 0.264 e. The van der Waals surface area contributed by atoms with Crippen LogP contribution in [-0.4, -0.2) is 33.5 Å². The van der Waals surface area contributed by atoms with Gasteiger partial charge in [0.2, 0.25) is 0 Å². The molecular formula is C23H21N3O4S3. The molecule has 7 nitrogen and oxygen atoms in total. The van der Waals surface area contributed by atoms with Crippen LogP contribution in [0.1, 0.15) is 15.9 Å². The molecule has 2 aromatic carbocycles. The number of amides is 1. The summed E-state index contributed by atoms with van der Waals surface area (Å²) in [6.07, 6.45) is 0. The van der Waals surface area contributed by atoms with Crippen LogP contribution < -0.4 is 14.4 Å². The number of hydrogen-bond acceptors (Lipinski definition) is 7. The molecule has 0 saturated carbocycles. The van der Waals surface area contributed by atoms with Crippen molar-refractivity contribution in [3.05, 3.63) is 76.5 Å². The summed E-state index contributed by atoms with van der Waals surface area (Å²) in [6.45, 7) is 1.76. The minimum atomic E-state index is -3.93. The molecule has 1 N–H and O–H groups in total. The predicted molar refractivity (Wildman–Crippen MR) is 133 cm³/mol. The number of anilines is 2. The second-order valence-corrected chi connectivity index (χ2v) is 10.9. The van der Waals surface area contributed by atoms with E-state index in [1.807, 2.05) is 22.9 Å². The first-order valence-electron chi connectivity index (χ1n) is 9.84. The Morgan fingerprint density at radius 3 is 2.61 bits per heavy atom. The maximum absolute atomic E-state index is 13.3. The molecule has 0 unspecified atom stereocenters. The van der Waals surface area contributed by atoms with Crippen LogP contribution >= 0.6 is 22.7 Å². The molecule has 1 amide bonds. The monoisotopic (exact) mass is 499 g/mol. The van der Waals surface area contributed by atoms with Gasteiger partial charge in [0.1, 0.15) is 5.75 Å². The third-order valence-electron chi connectivity index (χ3n) is 5.03. The fraction of sp³-hybridized carbons (Fsp3) is 0.130. The topological polar surface area (TPSA) is 88.6 Å². The van der Waals surface area contributed by atoms with Crippen LogP contribution in [0.2, 0.25) is 0 Å². The number of methoxy groups -OCH3 is 1. The van der Waals surface area contributed by atoms with Crippen molar-refractivity contribution in [2.24, 2.45) is 0 Å². The summed E-state index contributed by atoms with van der Waals surface area (Å²) in [4.78, 5) is 18.5. The Balaban J connectivity index is 1.61. The van der Waals surface area contributed by atoms with E-state index in [0.29, 0.717) is 22.1 Å². The van der Waals surface area contributed by atoms with Crippen molar-refractivity contribution in [1.29, 1.82) is 0 Å². The first-order valence-corrected chi connectivity index (χ1v) is 13.0. The molecule has 10 heteroatoms. The first-order chi connectivity index (χ1) is 15.8. The van der Waals surface area contributed by atoms with Crippen molar-refractivity contribution < 1.29 is 17.9 Å². The molecule has 4 rings (SSSR count). The number of thiazole rings is 1. The van der Waals surface area contributed by atoms with Gasteiger partial charge in [0.05, 0.1) is 28.3 Å². The van der Waals surface area contributed by atoms with Crippen molar-refractivity contribution in [3.63, 3.8) is 0 Å². The minimum absolute atomic E-state index is 0.00469. The molecular weight excluding hydrogens is 478 g/mol. The van der Waals surface area contributed by atoms with Crippen LogP contribution in [0.3, 0.4) is 0 Å². The van der Waals surface area contributed by atoms with Crippen LogP contribution in [-0.2, 0) is 10.0 Å². The van der Waals surface area contributed by atoms with E-state index in [4.69, 9.17) is 4.74 Å². The molecule has 0 aliphatic rings. The summed E-state index contributed by atoms with van der Waals surface area (Å²) in [5.41, 5.74) is 2.10. The standard InChI is InChI=1S/C23H21N3O4S3/c1-15-10-11-16(33(28,29)26(2)19-7-4-5-8-20(19)30-3)13-17(15)22(27)25-23-24-18(14-32-23)21-9-6-12-31-21/h4-14H,1-3H3,(H,24,25,27). The van der Waals surface area contributed by atoms with Gasteiger partial charge in [-0.15, -0.1) is 22.7 Å². The number of nitrogens with one attached hydrogen (secondary N) is 1. The fourth-order valence-electron chi connectivity index (χ4n) is 3.22. The number of rotatable bonds is 7. The van der Waals surface area contributed by atoms with Crippen molar-refractivity contribution in [1.82, 2.24) is 4.98 Å². The lowest BCUT2D eigenvalue weighted by Crippen LogP contribution is -2.27. The molecule has 2 heterocycles. The number of thiophene rings is 1. The van der Waals surface area contributed by atoms with Crippen LogP contribution in [0.5, 0.6) is 5.75 Å². The Labute approximate surface area is 200 Å². The first kappa shape index (κ1) is 23.0. The molecule has 0 atom stereocenters. The molecule has 0 aliphatic carbocycles. The minimum Gasteiger partial charge on any atom is -0.495 e. The van der Waals surface area contributed by atoms with Crippen molar-refractivity contribution in [3.8, 4) is 16.3 Å². The Morgan fingerprint density at radius 1 is 1.09 bits per heavy atom. The van der Waals surface area contributed by atoms with E-state index in [1.54, 1.807) is 48.6 Å². The lowest BCUT2D eigenvalue weighted by Gasteiger charge is -2.22. The molecule has 0 fully saturated rings. The maximum atomic E-state index is 13.3. The number of carbonyl (C=O) groups is 1. The van der Waals surface area contributed by atoms with Gasteiger partial charge in [-0.25, -0.2) is 13.4 Å². The predicted octanol–water partition coefficient (Wildman–Crippen LogP) is 5.27. The van der Waals surface area contributed by atoms with E-state index in [2.05, 4.69) is 10.3 Å². The zero-order valence-corrected chi connectivity index (χ0v) is 20.6. The van der Waals surface area contributed by atoms with E-state index in [-0.39, 0.29) is 10.5 Å². The number of hydrogen-bond donors (Lipinski definition) is 1. The van der Waals surface area contributed by atoms with Gasteiger partial charge >= 0.3 is 0 Å². The van der Waals surface area contributed by atoms with E-state index in [1.165, 1.54) is 37.6 Å². The summed E-state index contributed by atoms with van der Waals surface area (Å²) in [6, 6.07) is 15.2. The fourth-order valence-corrected chi connectivity index (χ4v) is 5.92. The number of benzene rings is 2. The van der Waals surface area contributed by atoms with Gasteiger partial charge in [-0.2, -0.15) is 0 Å². The molecule has 170 valence electrons. The second-order valence-electron chi connectivity index (χ2n) is 7.09. The zero-order chi connectivity index (χ0) is 23.6. The van der Waals surface area contributed by atoms with Crippen LogP contribution in [0, 0.1) is 6.92 Å². The van der Waals surface area contributed by atoms with E-state index in [0.717, 1.165) is 14.9 Å². The van der Waals surface area contributed by atoms with Crippen molar-refractivity contribution >= 4 is 49.4 Å². The quantitative estimate of drug-likeness (QED) is 0.374. The number of nitrogens with zero attached hydrogens (tertiary/aromatic N) is 2. The highest BCUT2D eigenvalue weighted by atomic mass is 32.2. The molecule has 4 aromatic rings. The average molecular weight is 500 g/mol. The Bertz CT molecular complexity index is 1400. The summed E-state index contributed by atoms with van der Waals surface area (Å²) in [7, 11) is -0.999. The van der Waals surface area contributed by atoms with Gasteiger partial charge in [-0.05, 0) is 48.2 Å². The van der Waals surface area contributed by atoms with Crippen molar-refractivity contribution in [2.75, 3.05) is 23.8 Å². The highest BCUT2D eigenvalue weighted by molar-refractivity contribution is 7.92.